The van der Waals surface area contributed by atoms with Gasteiger partial charge in [0.15, 0.2) is 0 Å². The Morgan fingerprint density at radius 3 is 1.26 bits per heavy atom. The van der Waals surface area contributed by atoms with E-state index in [0.29, 0.717) is 23.7 Å². The minimum atomic E-state index is -0.338. The zero-order chi connectivity index (χ0) is 25.8. The van der Waals surface area contributed by atoms with Gasteiger partial charge in [0.25, 0.3) is 0 Å². The topological polar surface area (TPSA) is 27.7 Å². The van der Waals surface area contributed by atoms with Crippen molar-refractivity contribution in [3.8, 4) is 16.9 Å². The van der Waals surface area contributed by atoms with Crippen molar-refractivity contribution in [2.24, 2.45) is 23.7 Å². The Morgan fingerprint density at radius 2 is 0.943 bits per heavy atom. The summed E-state index contributed by atoms with van der Waals surface area (Å²) in [7, 11) is 1.36. The van der Waals surface area contributed by atoms with Gasteiger partial charge < -0.3 is 14.0 Å². The van der Waals surface area contributed by atoms with Crippen LogP contribution >= 0.6 is 0 Å². The molecule has 0 radical (unpaired) electrons. The maximum Gasteiger partial charge on any atom is 0.494 e. The molecule has 192 valence electrons. The molecule has 1 saturated heterocycles. The standard InChI is InChI=1S/C31H47BO3/c1-22(2)18-30(19-23(3)4)31(20-24(5)6,21-25(7)8)35-32(34-30)28-14-10-26(11-15-28)27-12-16-29(33-9)17-13-27/h10-17,22-25H,18-21H2,1-9H3. The number of benzene rings is 2. The molecule has 1 aliphatic heterocycles. The molecule has 2 aromatic carbocycles. The van der Waals surface area contributed by atoms with E-state index < -0.39 is 0 Å². The zero-order valence-electron chi connectivity index (χ0n) is 23.6. The summed E-state index contributed by atoms with van der Waals surface area (Å²) in [5.41, 5.74) is 2.88. The maximum absolute atomic E-state index is 7.11. The van der Waals surface area contributed by atoms with Crippen LogP contribution in [0.1, 0.15) is 81.1 Å². The van der Waals surface area contributed by atoms with E-state index in [1.54, 1.807) is 7.11 Å². The number of hydrogen-bond acceptors (Lipinski definition) is 3. The highest BCUT2D eigenvalue weighted by Crippen LogP contribution is 2.52. The van der Waals surface area contributed by atoms with Crippen molar-refractivity contribution < 1.29 is 14.0 Å². The number of methoxy groups -OCH3 is 1. The fourth-order valence-electron chi connectivity index (χ4n) is 6.14. The van der Waals surface area contributed by atoms with Crippen molar-refractivity contribution in [1.82, 2.24) is 0 Å². The molecular formula is C31H47BO3. The Bertz CT molecular complexity index is 863. The molecular weight excluding hydrogens is 431 g/mol. The van der Waals surface area contributed by atoms with E-state index in [-0.39, 0.29) is 18.3 Å². The Balaban J connectivity index is 1.99. The molecule has 1 heterocycles. The molecule has 0 amide bonds. The summed E-state index contributed by atoms with van der Waals surface area (Å²) >= 11 is 0. The van der Waals surface area contributed by atoms with E-state index in [1.165, 1.54) is 11.1 Å². The summed E-state index contributed by atoms with van der Waals surface area (Å²) in [4.78, 5) is 0. The summed E-state index contributed by atoms with van der Waals surface area (Å²) in [6.45, 7) is 18.5. The van der Waals surface area contributed by atoms with Gasteiger partial charge in [-0.2, -0.15) is 0 Å². The van der Waals surface area contributed by atoms with Crippen molar-refractivity contribution in [1.29, 1.82) is 0 Å². The van der Waals surface area contributed by atoms with Gasteiger partial charge in [0.05, 0.1) is 18.3 Å². The zero-order valence-corrected chi connectivity index (χ0v) is 23.6. The lowest BCUT2D eigenvalue weighted by Gasteiger charge is -2.48. The molecule has 3 nitrogen and oxygen atoms in total. The molecule has 0 spiro atoms. The summed E-state index contributed by atoms with van der Waals surface area (Å²) in [5.74, 6) is 3.01. The van der Waals surface area contributed by atoms with Crippen molar-refractivity contribution >= 4 is 12.6 Å². The van der Waals surface area contributed by atoms with Gasteiger partial charge in [-0.1, -0.05) is 91.8 Å². The first-order valence-electron chi connectivity index (χ1n) is 13.6. The summed E-state index contributed by atoms with van der Waals surface area (Å²) in [6.07, 6.45) is 4.08. The van der Waals surface area contributed by atoms with Crippen molar-refractivity contribution in [3.63, 3.8) is 0 Å². The maximum atomic E-state index is 7.11. The van der Waals surface area contributed by atoms with Crippen LogP contribution < -0.4 is 10.2 Å². The van der Waals surface area contributed by atoms with Gasteiger partial charge in [-0.15, -0.1) is 0 Å². The Morgan fingerprint density at radius 1 is 0.600 bits per heavy atom. The van der Waals surface area contributed by atoms with Crippen LogP contribution in [-0.4, -0.2) is 25.4 Å². The third-order valence-electron chi connectivity index (χ3n) is 7.05. The van der Waals surface area contributed by atoms with Crippen LogP contribution in [0.3, 0.4) is 0 Å². The minimum absolute atomic E-state index is 0.288. The molecule has 0 saturated carbocycles. The highest BCUT2D eigenvalue weighted by molar-refractivity contribution is 6.62. The molecule has 3 rings (SSSR count). The Labute approximate surface area is 215 Å². The normalized spacial score (nSPS) is 17.2. The van der Waals surface area contributed by atoms with E-state index in [9.17, 15) is 0 Å². The molecule has 0 aliphatic carbocycles. The largest absolute Gasteiger partial charge is 0.497 e. The number of hydrogen-bond donors (Lipinski definition) is 0. The Kier molecular flexibility index (Phi) is 9.15. The van der Waals surface area contributed by atoms with Crippen molar-refractivity contribution in [2.75, 3.05) is 7.11 Å². The fraction of sp³-hybridized carbons (Fsp3) is 0.613. The van der Waals surface area contributed by atoms with Crippen molar-refractivity contribution in [3.05, 3.63) is 48.5 Å². The fourth-order valence-corrected chi connectivity index (χ4v) is 6.14. The molecule has 0 aromatic heterocycles. The van der Waals surface area contributed by atoms with Crippen LogP contribution in [0.25, 0.3) is 11.1 Å². The molecule has 0 N–H and O–H groups in total. The number of rotatable bonds is 11. The molecule has 0 bridgehead atoms. The average molecular weight is 479 g/mol. The first kappa shape index (κ1) is 27.8. The highest BCUT2D eigenvalue weighted by atomic mass is 16.7. The van der Waals surface area contributed by atoms with Gasteiger partial charge in [0.1, 0.15) is 5.75 Å². The van der Waals surface area contributed by atoms with E-state index >= 15 is 0 Å². The second-order valence-corrected chi connectivity index (χ2v) is 12.3. The van der Waals surface area contributed by atoms with Gasteiger partial charge in [-0.3, -0.25) is 0 Å². The van der Waals surface area contributed by atoms with E-state index in [4.69, 9.17) is 14.0 Å². The molecule has 0 unspecified atom stereocenters. The van der Waals surface area contributed by atoms with E-state index in [1.807, 2.05) is 12.1 Å². The molecule has 2 aromatic rings. The molecule has 1 fully saturated rings. The second kappa shape index (κ2) is 11.5. The lowest BCUT2D eigenvalue weighted by atomic mass is 9.66. The third-order valence-corrected chi connectivity index (χ3v) is 7.05. The second-order valence-electron chi connectivity index (χ2n) is 12.3. The quantitative estimate of drug-likeness (QED) is 0.309. The predicted molar refractivity (Wildman–Crippen MR) is 149 cm³/mol. The third kappa shape index (κ3) is 6.51. The summed E-state index contributed by atoms with van der Waals surface area (Å²) < 4.78 is 19.5. The minimum Gasteiger partial charge on any atom is -0.497 e. The van der Waals surface area contributed by atoms with E-state index in [0.717, 1.165) is 36.9 Å². The monoisotopic (exact) mass is 478 g/mol. The van der Waals surface area contributed by atoms with Crippen LogP contribution in [0, 0.1) is 23.7 Å². The lowest BCUT2D eigenvalue weighted by molar-refractivity contribution is -0.0967. The lowest BCUT2D eigenvalue weighted by Crippen LogP contribution is -2.54. The van der Waals surface area contributed by atoms with Crippen LogP contribution in [-0.2, 0) is 9.31 Å². The number of ether oxygens (including phenoxy) is 1. The summed E-state index contributed by atoms with van der Waals surface area (Å²) in [6, 6.07) is 16.9. The first-order valence-corrected chi connectivity index (χ1v) is 13.6. The Hall–Kier alpha value is -1.78. The molecule has 4 heteroatoms. The van der Waals surface area contributed by atoms with Crippen LogP contribution in [0.5, 0.6) is 5.75 Å². The highest BCUT2D eigenvalue weighted by Gasteiger charge is 2.61. The van der Waals surface area contributed by atoms with Crippen LogP contribution in [0.4, 0.5) is 0 Å². The van der Waals surface area contributed by atoms with Crippen molar-refractivity contribution in [2.45, 2.75) is 92.3 Å². The smallest absolute Gasteiger partial charge is 0.494 e. The van der Waals surface area contributed by atoms with Crippen LogP contribution in [0.2, 0.25) is 0 Å². The first-order chi connectivity index (χ1) is 16.5. The van der Waals surface area contributed by atoms with Gasteiger partial charge in [0.2, 0.25) is 0 Å². The SMILES string of the molecule is COc1ccc(-c2ccc(B3OC(CC(C)C)(CC(C)C)C(CC(C)C)(CC(C)C)O3)cc2)cc1. The van der Waals surface area contributed by atoms with E-state index in [2.05, 4.69) is 91.8 Å². The van der Waals surface area contributed by atoms with Gasteiger partial charge in [-0.25, -0.2) is 0 Å². The predicted octanol–water partition coefficient (Wildman–Crippen LogP) is 7.77. The van der Waals surface area contributed by atoms with Gasteiger partial charge in [-0.05, 0) is 78.1 Å². The molecule has 0 atom stereocenters. The van der Waals surface area contributed by atoms with Gasteiger partial charge >= 0.3 is 7.12 Å². The average Bonchev–Trinajstić information content (AvgIpc) is 3.04. The van der Waals surface area contributed by atoms with Crippen LogP contribution in [0.15, 0.2) is 48.5 Å². The summed E-state index contributed by atoms with van der Waals surface area (Å²) in [5, 5.41) is 0. The van der Waals surface area contributed by atoms with Gasteiger partial charge in [0, 0.05) is 0 Å². The molecule has 35 heavy (non-hydrogen) atoms. The molecule has 1 aliphatic rings.